The lowest BCUT2D eigenvalue weighted by atomic mass is 10.0. The highest BCUT2D eigenvalue weighted by Gasteiger charge is 2.26. The number of carbonyl (C=O) groups excluding carboxylic acids is 1. The van der Waals surface area contributed by atoms with E-state index in [9.17, 15) is 9.59 Å². The highest BCUT2D eigenvalue weighted by Crippen LogP contribution is 2.26. The van der Waals surface area contributed by atoms with E-state index in [0.717, 1.165) is 31.6 Å². The highest BCUT2D eigenvalue weighted by molar-refractivity contribution is 7.10. The summed E-state index contributed by atoms with van der Waals surface area (Å²) < 4.78 is 2.67. The van der Waals surface area contributed by atoms with Crippen LogP contribution in [0, 0.1) is 0 Å². The van der Waals surface area contributed by atoms with Gasteiger partial charge in [-0.1, -0.05) is 26.0 Å². The van der Waals surface area contributed by atoms with E-state index in [4.69, 9.17) is 0 Å². The van der Waals surface area contributed by atoms with Gasteiger partial charge in [-0.15, -0.1) is 0 Å². The second kappa shape index (κ2) is 6.58. The third kappa shape index (κ3) is 3.32. The monoisotopic (exact) mass is 331 g/mol. The van der Waals surface area contributed by atoms with E-state index in [0.29, 0.717) is 10.9 Å². The maximum absolute atomic E-state index is 12.6. The normalized spacial score (nSPS) is 14.5. The van der Waals surface area contributed by atoms with Crippen LogP contribution in [0.25, 0.3) is 0 Å². The van der Waals surface area contributed by atoms with Crippen molar-refractivity contribution >= 4 is 28.1 Å². The summed E-state index contributed by atoms with van der Waals surface area (Å²) in [6, 6.07) is 8.07. The Bertz CT molecular complexity index is 740. The van der Waals surface area contributed by atoms with Gasteiger partial charge in [0, 0.05) is 18.8 Å². The largest absolute Gasteiger partial charge is 0.345 e. The number of hydrogen-bond acceptors (Lipinski definition) is 4. The van der Waals surface area contributed by atoms with Gasteiger partial charge in [-0.3, -0.25) is 14.0 Å². The molecule has 2 aromatic rings. The van der Waals surface area contributed by atoms with E-state index in [-0.39, 0.29) is 17.0 Å². The lowest BCUT2D eigenvalue weighted by Crippen LogP contribution is -2.31. The number of likely N-dealkylation sites (tertiary alicyclic amines) is 1. The molecule has 1 aromatic heterocycles. The smallest absolute Gasteiger partial charge is 0.273 e. The molecule has 6 heteroatoms. The van der Waals surface area contributed by atoms with E-state index in [2.05, 4.69) is 35.7 Å². The molecule has 1 aromatic carbocycles. The van der Waals surface area contributed by atoms with Crippen LogP contribution in [0.5, 0.6) is 0 Å². The quantitative estimate of drug-likeness (QED) is 0.900. The van der Waals surface area contributed by atoms with Gasteiger partial charge in [0.2, 0.25) is 0 Å². The Kier molecular flexibility index (Phi) is 4.52. The van der Waals surface area contributed by atoms with E-state index in [1.807, 2.05) is 12.1 Å². The van der Waals surface area contributed by atoms with Crippen molar-refractivity contribution in [3.8, 4) is 0 Å². The van der Waals surface area contributed by atoms with Crippen LogP contribution in [-0.2, 0) is 0 Å². The van der Waals surface area contributed by atoms with E-state index < -0.39 is 0 Å². The van der Waals surface area contributed by atoms with Crippen LogP contribution < -0.4 is 10.9 Å². The summed E-state index contributed by atoms with van der Waals surface area (Å²) in [6.45, 7) is 5.76. The second-order valence-corrected chi connectivity index (χ2v) is 6.95. The van der Waals surface area contributed by atoms with Gasteiger partial charge in [0.1, 0.15) is 10.6 Å². The molecule has 1 fully saturated rings. The fraction of sp³-hybridized carbons (Fsp3) is 0.412. The number of aromatic amines is 1. The summed E-state index contributed by atoms with van der Waals surface area (Å²) in [5.41, 5.74) is 2.05. The topological polar surface area (TPSA) is 65.2 Å². The third-order valence-electron chi connectivity index (χ3n) is 4.14. The molecular weight excluding hydrogens is 310 g/mol. The number of anilines is 2. The van der Waals surface area contributed by atoms with Crippen LogP contribution in [0.1, 0.15) is 48.5 Å². The molecule has 0 saturated carbocycles. The first-order chi connectivity index (χ1) is 11.1. The molecular formula is C17H21N3O2S. The number of H-pyrrole nitrogens is 1. The van der Waals surface area contributed by atoms with Gasteiger partial charge in [-0.2, -0.15) is 0 Å². The van der Waals surface area contributed by atoms with Crippen molar-refractivity contribution in [1.82, 2.24) is 9.27 Å². The zero-order valence-corrected chi connectivity index (χ0v) is 14.2. The molecule has 2 N–H and O–H groups in total. The van der Waals surface area contributed by atoms with Crippen molar-refractivity contribution in [2.45, 2.75) is 32.6 Å². The van der Waals surface area contributed by atoms with Crippen LogP contribution in [0.15, 0.2) is 29.1 Å². The van der Waals surface area contributed by atoms with Crippen molar-refractivity contribution < 1.29 is 4.79 Å². The molecule has 2 heterocycles. The fourth-order valence-corrected chi connectivity index (χ4v) is 3.49. The lowest BCUT2D eigenvalue weighted by Gasteiger charge is -2.15. The minimum atomic E-state index is -0.312. The van der Waals surface area contributed by atoms with Crippen molar-refractivity contribution in [2.24, 2.45) is 0 Å². The number of benzene rings is 1. The Morgan fingerprint density at radius 2 is 1.87 bits per heavy atom. The summed E-state index contributed by atoms with van der Waals surface area (Å²) in [5, 5.41) is 3.79. The Labute approximate surface area is 139 Å². The zero-order valence-electron chi connectivity index (χ0n) is 13.4. The number of rotatable bonds is 4. The molecule has 3 rings (SSSR count). The molecule has 23 heavy (non-hydrogen) atoms. The Morgan fingerprint density at radius 1 is 1.22 bits per heavy atom. The van der Waals surface area contributed by atoms with Crippen molar-refractivity contribution in [2.75, 3.05) is 18.4 Å². The predicted octanol–water partition coefficient (Wildman–Crippen LogP) is 3.54. The van der Waals surface area contributed by atoms with Crippen LogP contribution in [0.4, 0.5) is 10.7 Å². The standard InChI is InChI=1S/C17H21N3O2S/c1-11(2)12-5-7-13(8-6-12)18-16-14(15(21)19-23-16)17(22)20-9-3-4-10-20/h5-8,11,18H,3-4,9-10H2,1-2H3,(H,19,21). The first-order valence-corrected chi connectivity index (χ1v) is 8.75. The van der Waals surface area contributed by atoms with Crippen molar-refractivity contribution in [3.05, 3.63) is 45.7 Å². The Morgan fingerprint density at radius 3 is 2.48 bits per heavy atom. The van der Waals surface area contributed by atoms with Crippen LogP contribution >= 0.6 is 11.5 Å². The maximum atomic E-state index is 12.6. The van der Waals surface area contributed by atoms with Gasteiger partial charge in [-0.25, -0.2) is 0 Å². The molecule has 0 aliphatic carbocycles. The van der Waals surface area contributed by atoms with Gasteiger partial charge in [0.15, 0.2) is 0 Å². The van der Waals surface area contributed by atoms with Gasteiger partial charge in [0.05, 0.1) is 0 Å². The molecule has 0 spiro atoms. The summed E-state index contributed by atoms with van der Waals surface area (Å²) in [7, 11) is 0. The van der Waals surface area contributed by atoms with Crippen molar-refractivity contribution in [3.63, 3.8) is 0 Å². The number of hydrogen-bond donors (Lipinski definition) is 2. The van der Waals surface area contributed by atoms with Crippen molar-refractivity contribution in [1.29, 1.82) is 0 Å². The maximum Gasteiger partial charge on any atom is 0.273 e. The summed E-state index contributed by atoms with van der Waals surface area (Å²) >= 11 is 1.17. The average Bonchev–Trinajstić information content (AvgIpc) is 3.18. The highest BCUT2D eigenvalue weighted by atomic mass is 32.1. The van der Waals surface area contributed by atoms with Gasteiger partial charge in [0.25, 0.3) is 11.5 Å². The number of nitrogens with one attached hydrogen (secondary N) is 2. The molecule has 1 aliphatic heterocycles. The zero-order chi connectivity index (χ0) is 16.4. The summed E-state index contributed by atoms with van der Waals surface area (Å²) in [6.07, 6.45) is 2.01. The van der Waals surface area contributed by atoms with E-state index in [1.54, 1.807) is 4.90 Å². The van der Waals surface area contributed by atoms with Gasteiger partial charge >= 0.3 is 0 Å². The lowest BCUT2D eigenvalue weighted by molar-refractivity contribution is 0.0793. The number of carbonyl (C=O) groups is 1. The minimum Gasteiger partial charge on any atom is -0.345 e. The van der Waals surface area contributed by atoms with E-state index >= 15 is 0 Å². The SMILES string of the molecule is CC(C)c1ccc(Nc2s[nH]c(=O)c2C(=O)N2CCCC2)cc1. The average molecular weight is 331 g/mol. The molecule has 0 radical (unpaired) electrons. The molecule has 0 atom stereocenters. The third-order valence-corrected chi connectivity index (χ3v) is 4.94. The van der Waals surface area contributed by atoms with E-state index in [1.165, 1.54) is 17.1 Å². The molecule has 122 valence electrons. The Hall–Kier alpha value is -2.08. The molecule has 1 saturated heterocycles. The predicted molar refractivity (Wildman–Crippen MR) is 93.9 cm³/mol. The number of aromatic nitrogens is 1. The molecule has 1 aliphatic rings. The van der Waals surface area contributed by atoms with Crippen LogP contribution in [0.3, 0.4) is 0 Å². The molecule has 0 unspecified atom stereocenters. The molecule has 5 nitrogen and oxygen atoms in total. The molecule has 0 bridgehead atoms. The fourth-order valence-electron chi connectivity index (χ4n) is 2.75. The molecule has 1 amide bonds. The van der Waals surface area contributed by atoms with Gasteiger partial charge in [-0.05, 0) is 48.0 Å². The number of amides is 1. The van der Waals surface area contributed by atoms with Gasteiger partial charge < -0.3 is 10.2 Å². The van der Waals surface area contributed by atoms with Crippen LogP contribution in [0.2, 0.25) is 0 Å². The van der Waals surface area contributed by atoms with Crippen LogP contribution in [-0.4, -0.2) is 28.3 Å². The number of nitrogens with zero attached hydrogens (tertiary/aromatic N) is 1. The second-order valence-electron chi connectivity index (χ2n) is 6.14. The summed E-state index contributed by atoms with van der Waals surface area (Å²) in [4.78, 5) is 26.3. The Balaban J connectivity index is 1.83. The summed E-state index contributed by atoms with van der Waals surface area (Å²) in [5.74, 6) is 0.297. The first-order valence-electron chi connectivity index (χ1n) is 7.94. The minimum absolute atomic E-state index is 0.175. The first kappa shape index (κ1) is 15.8.